The molecule has 0 heterocycles. The molecule has 2 amide bonds. The van der Waals surface area contributed by atoms with Crippen LogP contribution in [0.25, 0.3) is 0 Å². The monoisotopic (exact) mass is 516 g/mol. The van der Waals surface area contributed by atoms with Crippen molar-refractivity contribution in [3.8, 4) is 5.75 Å². The van der Waals surface area contributed by atoms with Crippen molar-refractivity contribution in [2.24, 2.45) is 0 Å². The van der Waals surface area contributed by atoms with Crippen LogP contribution in [0.15, 0.2) is 72.8 Å². The first-order chi connectivity index (χ1) is 18.4. The van der Waals surface area contributed by atoms with E-state index in [4.69, 9.17) is 4.74 Å². The number of nitrogens with zero attached hydrogens (tertiary/aromatic N) is 1. The first kappa shape index (κ1) is 27.4. The maximum atomic E-state index is 13.8. The molecule has 0 saturated heterocycles. The lowest BCUT2D eigenvalue weighted by Crippen LogP contribution is -2.53. The third-order valence-corrected chi connectivity index (χ3v) is 7.39. The van der Waals surface area contributed by atoms with Crippen LogP contribution in [0.3, 0.4) is 0 Å². The van der Waals surface area contributed by atoms with Gasteiger partial charge in [0.05, 0.1) is 0 Å². The minimum absolute atomic E-state index is 0.114. The zero-order valence-corrected chi connectivity index (χ0v) is 22.3. The van der Waals surface area contributed by atoms with Gasteiger partial charge in [0.15, 0.2) is 6.61 Å². The molecule has 1 atom stereocenters. The Hall–Kier alpha value is -3.67. The number of carbonyl (C=O) groups excluding carboxylic acids is 2. The number of hydrogen-bond acceptors (Lipinski definition) is 3. The standard InChI is InChI=1S/C32H37FN2O3/c1-23-10-9-15-30(24(23)2)38-22-31(36)35(21-26-16-18-27(33)19-17-26)29(20-25-11-5-3-6-12-25)32(37)34-28-13-7-4-8-14-28/h3,5-6,9-12,15-19,28-29H,4,7-8,13-14,20-22H2,1-2H3,(H,34,37)/t29-/m1/s1. The zero-order valence-electron chi connectivity index (χ0n) is 22.3. The fourth-order valence-electron chi connectivity index (χ4n) is 4.99. The van der Waals surface area contributed by atoms with E-state index in [1.54, 1.807) is 17.0 Å². The lowest BCUT2D eigenvalue weighted by atomic mass is 9.94. The largest absolute Gasteiger partial charge is 0.483 e. The van der Waals surface area contributed by atoms with Gasteiger partial charge < -0.3 is 15.0 Å². The summed E-state index contributed by atoms with van der Waals surface area (Å²) in [5.41, 5.74) is 3.76. The summed E-state index contributed by atoms with van der Waals surface area (Å²) in [6.45, 7) is 3.93. The van der Waals surface area contributed by atoms with Crippen LogP contribution in [-0.4, -0.2) is 35.4 Å². The summed E-state index contributed by atoms with van der Waals surface area (Å²) in [5, 5.41) is 3.23. The molecule has 1 aliphatic rings. The summed E-state index contributed by atoms with van der Waals surface area (Å²) in [5.74, 6) is -0.162. The highest BCUT2D eigenvalue weighted by molar-refractivity contribution is 5.88. The predicted molar refractivity (Wildman–Crippen MR) is 147 cm³/mol. The van der Waals surface area contributed by atoms with E-state index in [9.17, 15) is 14.0 Å². The Morgan fingerprint density at radius 1 is 0.921 bits per heavy atom. The topological polar surface area (TPSA) is 58.6 Å². The van der Waals surface area contributed by atoms with Gasteiger partial charge in [-0.05, 0) is 67.1 Å². The van der Waals surface area contributed by atoms with E-state index < -0.39 is 6.04 Å². The molecule has 1 fully saturated rings. The second kappa shape index (κ2) is 13.2. The molecule has 3 aromatic carbocycles. The number of aryl methyl sites for hydroxylation is 1. The second-order valence-electron chi connectivity index (χ2n) is 10.2. The second-order valence-corrected chi connectivity index (χ2v) is 10.2. The Bertz CT molecular complexity index is 1210. The van der Waals surface area contributed by atoms with E-state index >= 15 is 0 Å². The quantitative estimate of drug-likeness (QED) is 0.364. The van der Waals surface area contributed by atoms with Crippen LogP contribution in [-0.2, 0) is 22.6 Å². The van der Waals surface area contributed by atoms with E-state index in [1.807, 2.05) is 62.4 Å². The van der Waals surface area contributed by atoms with Gasteiger partial charge in [-0.15, -0.1) is 0 Å². The Balaban J connectivity index is 1.62. The average Bonchev–Trinajstić information content (AvgIpc) is 2.93. The van der Waals surface area contributed by atoms with Crippen molar-refractivity contribution in [2.45, 2.75) is 71.0 Å². The first-order valence-corrected chi connectivity index (χ1v) is 13.5. The first-order valence-electron chi connectivity index (χ1n) is 13.5. The fourth-order valence-corrected chi connectivity index (χ4v) is 4.99. The van der Waals surface area contributed by atoms with Crippen molar-refractivity contribution in [1.82, 2.24) is 10.2 Å². The molecule has 0 radical (unpaired) electrons. The highest BCUT2D eigenvalue weighted by Gasteiger charge is 2.32. The lowest BCUT2D eigenvalue weighted by Gasteiger charge is -2.33. The van der Waals surface area contributed by atoms with Gasteiger partial charge in [-0.1, -0.05) is 73.9 Å². The molecule has 38 heavy (non-hydrogen) atoms. The molecule has 200 valence electrons. The van der Waals surface area contributed by atoms with Crippen molar-refractivity contribution in [2.75, 3.05) is 6.61 Å². The molecule has 1 saturated carbocycles. The van der Waals surface area contributed by atoms with Gasteiger partial charge in [-0.25, -0.2) is 4.39 Å². The minimum Gasteiger partial charge on any atom is -0.483 e. The minimum atomic E-state index is -0.737. The average molecular weight is 517 g/mol. The molecule has 0 aromatic heterocycles. The van der Waals surface area contributed by atoms with E-state index in [-0.39, 0.29) is 36.8 Å². The van der Waals surface area contributed by atoms with Gasteiger partial charge in [0.25, 0.3) is 5.91 Å². The van der Waals surface area contributed by atoms with Gasteiger partial charge >= 0.3 is 0 Å². The lowest BCUT2D eigenvalue weighted by molar-refractivity contribution is -0.143. The summed E-state index contributed by atoms with van der Waals surface area (Å²) < 4.78 is 19.6. The summed E-state index contributed by atoms with van der Waals surface area (Å²) in [7, 11) is 0. The Kier molecular flexibility index (Phi) is 9.52. The predicted octanol–water partition coefficient (Wildman–Crippen LogP) is 5.91. The molecule has 0 unspecified atom stereocenters. The number of hydrogen-bond donors (Lipinski definition) is 1. The number of ether oxygens (including phenoxy) is 1. The van der Waals surface area contributed by atoms with Crippen LogP contribution in [0, 0.1) is 19.7 Å². The molecule has 1 aliphatic carbocycles. The number of rotatable bonds is 10. The van der Waals surface area contributed by atoms with E-state index in [1.165, 1.54) is 18.6 Å². The molecule has 0 spiro atoms. The van der Waals surface area contributed by atoms with Gasteiger partial charge in [-0.3, -0.25) is 9.59 Å². The normalized spacial score (nSPS) is 14.5. The fraction of sp³-hybridized carbons (Fsp3) is 0.375. The van der Waals surface area contributed by atoms with E-state index in [0.717, 1.165) is 47.9 Å². The third kappa shape index (κ3) is 7.44. The van der Waals surface area contributed by atoms with Gasteiger partial charge in [-0.2, -0.15) is 0 Å². The van der Waals surface area contributed by atoms with Crippen LogP contribution in [0.4, 0.5) is 4.39 Å². The summed E-state index contributed by atoms with van der Waals surface area (Å²) in [6.07, 6.45) is 5.64. The molecule has 5 nitrogen and oxygen atoms in total. The van der Waals surface area contributed by atoms with E-state index in [2.05, 4.69) is 5.32 Å². The summed E-state index contributed by atoms with van der Waals surface area (Å²) in [6, 6.07) is 20.9. The highest BCUT2D eigenvalue weighted by atomic mass is 19.1. The van der Waals surface area contributed by atoms with Crippen molar-refractivity contribution >= 4 is 11.8 Å². The van der Waals surface area contributed by atoms with Crippen molar-refractivity contribution in [3.05, 3.63) is 101 Å². The molecule has 1 N–H and O–H groups in total. The molecular formula is C32H37FN2O3. The number of halogens is 1. The van der Waals surface area contributed by atoms with Crippen LogP contribution in [0.1, 0.15) is 54.4 Å². The van der Waals surface area contributed by atoms with Gasteiger partial charge in [0.1, 0.15) is 17.6 Å². The van der Waals surface area contributed by atoms with Crippen molar-refractivity contribution in [1.29, 1.82) is 0 Å². The number of carbonyl (C=O) groups is 2. The molecule has 0 aliphatic heterocycles. The maximum Gasteiger partial charge on any atom is 0.261 e. The smallest absolute Gasteiger partial charge is 0.261 e. The third-order valence-electron chi connectivity index (χ3n) is 7.39. The van der Waals surface area contributed by atoms with Crippen LogP contribution < -0.4 is 10.1 Å². The Morgan fingerprint density at radius 2 is 1.63 bits per heavy atom. The van der Waals surface area contributed by atoms with E-state index in [0.29, 0.717) is 12.2 Å². The summed E-state index contributed by atoms with van der Waals surface area (Å²) in [4.78, 5) is 29.1. The van der Waals surface area contributed by atoms with Crippen LogP contribution in [0.2, 0.25) is 0 Å². The molecule has 4 rings (SSSR count). The zero-order chi connectivity index (χ0) is 26.9. The summed E-state index contributed by atoms with van der Waals surface area (Å²) >= 11 is 0. The van der Waals surface area contributed by atoms with Crippen molar-refractivity contribution in [3.63, 3.8) is 0 Å². The maximum absolute atomic E-state index is 13.8. The van der Waals surface area contributed by atoms with Crippen LogP contribution in [0.5, 0.6) is 5.75 Å². The van der Waals surface area contributed by atoms with Gasteiger partial charge in [0.2, 0.25) is 5.91 Å². The van der Waals surface area contributed by atoms with Crippen molar-refractivity contribution < 1.29 is 18.7 Å². The molecular weight excluding hydrogens is 479 g/mol. The number of benzene rings is 3. The SMILES string of the molecule is Cc1cccc(OCC(=O)N(Cc2ccc(F)cc2)[C@H](Cc2ccccc2)C(=O)NC2CCCCC2)c1C. The number of amides is 2. The molecule has 0 bridgehead atoms. The van der Waals surface area contributed by atoms with Gasteiger partial charge in [0, 0.05) is 19.0 Å². The molecule has 3 aromatic rings. The van der Waals surface area contributed by atoms with Crippen LogP contribution >= 0.6 is 0 Å². The molecule has 6 heteroatoms. The Labute approximate surface area is 225 Å². The Morgan fingerprint density at radius 3 is 2.34 bits per heavy atom. The highest BCUT2D eigenvalue weighted by Crippen LogP contribution is 2.22. The number of nitrogens with one attached hydrogen (secondary N) is 1.